The summed E-state index contributed by atoms with van der Waals surface area (Å²) in [6, 6.07) is -0.243. The fourth-order valence-corrected chi connectivity index (χ4v) is 4.05. The quantitative estimate of drug-likeness (QED) is 0.832. The highest BCUT2D eigenvalue weighted by atomic mass is 32.1. The Morgan fingerprint density at radius 3 is 2.77 bits per heavy atom. The number of fused-ring (bicyclic) bond motifs is 1. The van der Waals surface area contributed by atoms with Crippen LogP contribution in [0.15, 0.2) is 0 Å². The van der Waals surface area contributed by atoms with Crippen LogP contribution in [0.3, 0.4) is 0 Å². The van der Waals surface area contributed by atoms with Crippen molar-refractivity contribution in [3.05, 3.63) is 16.0 Å². The zero-order valence-electron chi connectivity index (χ0n) is 13.6. The van der Waals surface area contributed by atoms with Crippen LogP contribution in [0.1, 0.15) is 54.9 Å². The van der Waals surface area contributed by atoms with Crippen molar-refractivity contribution < 1.29 is 14.3 Å². The molecule has 0 fully saturated rings. The first-order valence-electron chi connectivity index (χ1n) is 7.81. The van der Waals surface area contributed by atoms with Gasteiger partial charge in [0, 0.05) is 10.9 Å². The maximum absolute atomic E-state index is 12.3. The molecule has 0 saturated carbocycles. The molecular formula is C16H24N2O3S. The number of ether oxygens (including phenoxy) is 1. The number of carbonyl (C=O) groups excluding carboxylic acids is 2. The number of urea groups is 1. The van der Waals surface area contributed by atoms with Crippen molar-refractivity contribution in [2.75, 3.05) is 11.9 Å². The van der Waals surface area contributed by atoms with Gasteiger partial charge in [0.05, 0.1) is 12.2 Å². The third-order valence-electron chi connectivity index (χ3n) is 3.64. The Morgan fingerprint density at radius 1 is 1.41 bits per heavy atom. The van der Waals surface area contributed by atoms with Gasteiger partial charge in [0.1, 0.15) is 5.00 Å². The SMILES string of the molecule is CCOC(=O)c1c(NC(=O)NC(C)C)sc2c1CC[C@@H](C)C2. The lowest BCUT2D eigenvalue weighted by molar-refractivity contribution is 0.0526. The van der Waals surface area contributed by atoms with Gasteiger partial charge in [-0.3, -0.25) is 5.32 Å². The topological polar surface area (TPSA) is 67.4 Å². The number of carbonyl (C=O) groups is 2. The van der Waals surface area contributed by atoms with Gasteiger partial charge >= 0.3 is 12.0 Å². The first-order valence-corrected chi connectivity index (χ1v) is 8.63. The normalized spacial score (nSPS) is 17.0. The van der Waals surface area contributed by atoms with E-state index in [1.54, 1.807) is 6.92 Å². The molecule has 5 nitrogen and oxygen atoms in total. The van der Waals surface area contributed by atoms with Crippen molar-refractivity contribution in [1.82, 2.24) is 5.32 Å². The molecule has 22 heavy (non-hydrogen) atoms. The van der Waals surface area contributed by atoms with Crippen molar-refractivity contribution in [1.29, 1.82) is 0 Å². The van der Waals surface area contributed by atoms with Crippen LogP contribution in [0.4, 0.5) is 9.80 Å². The monoisotopic (exact) mass is 324 g/mol. The molecule has 1 aliphatic carbocycles. The Bertz CT molecular complexity index is 566. The minimum Gasteiger partial charge on any atom is -0.462 e. The predicted octanol–water partition coefficient (Wildman–Crippen LogP) is 3.58. The molecule has 1 heterocycles. The number of hydrogen-bond acceptors (Lipinski definition) is 4. The van der Waals surface area contributed by atoms with Crippen molar-refractivity contribution >= 4 is 28.3 Å². The number of esters is 1. The van der Waals surface area contributed by atoms with Gasteiger partial charge in [0.25, 0.3) is 0 Å². The number of thiophene rings is 1. The first-order chi connectivity index (χ1) is 10.4. The fourth-order valence-electron chi connectivity index (χ4n) is 2.66. The van der Waals surface area contributed by atoms with Crippen LogP contribution in [0.5, 0.6) is 0 Å². The van der Waals surface area contributed by atoms with E-state index in [-0.39, 0.29) is 18.0 Å². The molecule has 2 N–H and O–H groups in total. The number of amides is 2. The van der Waals surface area contributed by atoms with Crippen LogP contribution >= 0.6 is 11.3 Å². The molecule has 0 saturated heterocycles. The summed E-state index contributed by atoms with van der Waals surface area (Å²) in [6.07, 6.45) is 2.89. The van der Waals surface area contributed by atoms with Crippen molar-refractivity contribution in [3.8, 4) is 0 Å². The van der Waals surface area contributed by atoms with E-state index in [4.69, 9.17) is 4.74 Å². The Balaban J connectivity index is 2.31. The van der Waals surface area contributed by atoms with E-state index in [9.17, 15) is 9.59 Å². The Kier molecular flexibility index (Phi) is 5.45. The number of hydrogen-bond donors (Lipinski definition) is 2. The highest BCUT2D eigenvalue weighted by Crippen LogP contribution is 2.40. The molecule has 0 spiro atoms. The van der Waals surface area contributed by atoms with Gasteiger partial charge in [-0.15, -0.1) is 11.3 Å². The van der Waals surface area contributed by atoms with Crippen LogP contribution in [0, 0.1) is 5.92 Å². The smallest absolute Gasteiger partial charge is 0.341 e. The molecule has 0 bridgehead atoms. The lowest BCUT2D eigenvalue weighted by Crippen LogP contribution is -2.34. The van der Waals surface area contributed by atoms with E-state index >= 15 is 0 Å². The molecule has 0 aromatic carbocycles. The van der Waals surface area contributed by atoms with E-state index in [0.717, 1.165) is 24.8 Å². The van der Waals surface area contributed by atoms with Crippen molar-refractivity contribution in [2.45, 2.75) is 53.0 Å². The molecule has 1 aliphatic rings. The third kappa shape index (κ3) is 3.80. The second kappa shape index (κ2) is 7.13. The molecule has 2 amide bonds. The summed E-state index contributed by atoms with van der Waals surface area (Å²) >= 11 is 1.50. The lowest BCUT2D eigenvalue weighted by atomic mass is 9.88. The molecule has 1 aromatic heterocycles. The standard InChI is InChI=1S/C16H24N2O3S/c1-5-21-15(19)13-11-7-6-10(4)8-12(11)22-14(13)18-16(20)17-9(2)3/h9-10H,5-8H2,1-4H3,(H2,17,18,20)/t10-/m1/s1. The number of anilines is 1. The van der Waals surface area contributed by atoms with Gasteiger partial charge in [-0.1, -0.05) is 6.92 Å². The van der Waals surface area contributed by atoms with Crippen LogP contribution in [0.25, 0.3) is 0 Å². The highest BCUT2D eigenvalue weighted by Gasteiger charge is 2.29. The zero-order chi connectivity index (χ0) is 16.3. The Morgan fingerprint density at radius 2 is 2.14 bits per heavy atom. The van der Waals surface area contributed by atoms with E-state index in [1.165, 1.54) is 16.2 Å². The summed E-state index contributed by atoms with van der Waals surface area (Å²) in [5, 5.41) is 6.21. The Labute approximate surface area is 135 Å². The minimum absolute atomic E-state index is 0.0423. The van der Waals surface area contributed by atoms with E-state index in [2.05, 4.69) is 17.6 Å². The first kappa shape index (κ1) is 16.8. The highest BCUT2D eigenvalue weighted by molar-refractivity contribution is 7.17. The van der Waals surface area contributed by atoms with Gasteiger partial charge in [0.2, 0.25) is 0 Å². The van der Waals surface area contributed by atoms with Gasteiger partial charge in [-0.05, 0) is 51.5 Å². The summed E-state index contributed by atoms with van der Waals surface area (Å²) in [5.74, 6) is 0.271. The third-order valence-corrected chi connectivity index (χ3v) is 4.81. The average Bonchev–Trinajstić information content (AvgIpc) is 2.74. The molecular weight excluding hydrogens is 300 g/mol. The van der Waals surface area contributed by atoms with Crippen LogP contribution < -0.4 is 10.6 Å². The van der Waals surface area contributed by atoms with Gasteiger partial charge in [-0.2, -0.15) is 0 Å². The summed E-state index contributed by atoms with van der Waals surface area (Å²) in [6.45, 7) is 8.13. The molecule has 2 rings (SSSR count). The molecule has 0 aliphatic heterocycles. The van der Waals surface area contributed by atoms with Crippen LogP contribution in [0.2, 0.25) is 0 Å². The summed E-state index contributed by atoms with van der Waals surface area (Å²) in [7, 11) is 0. The molecule has 0 unspecified atom stereocenters. The molecule has 1 atom stereocenters. The van der Waals surface area contributed by atoms with E-state index in [1.807, 2.05) is 13.8 Å². The molecule has 1 aromatic rings. The average molecular weight is 324 g/mol. The van der Waals surface area contributed by atoms with Gasteiger partial charge in [-0.25, -0.2) is 9.59 Å². The second-order valence-corrected chi connectivity index (χ2v) is 7.13. The summed E-state index contributed by atoms with van der Waals surface area (Å²) < 4.78 is 5.18. The predicted molar refractivity (Wildman–Crippen MR) is 88.8 cm³/mol. The zero-order valence-corrected chi connectivity index (χ0v) is 14.4. The summed E-state index contributed by atoms with van der Waals surface area (Å²) in [4.78, 5) is 25.5. The maximum Gasteiger partial charge on any atom is 0.341 e. The molecule has 6 heteroatoms. The second-order valence-electron chi connectivity index (χ2n) is 6.03. The molecule has 0 radical (unpaired) electrons. The van der Waals surface area contributed by atoms with Gasteiger partial charge < -0.3 is 10.1 Å². The maximum atomic E-state index is 12.3. The number of nitrogens with one attached hydrogen (secondary N) is 2. The summed E-state index contributed by atoms with van der Waals surface area (Å²) in [5.41, 5.74) is 1.61. The van der Waals surface area contributed by atoms with Crippen molar-refractivity contribution in [3.63, 3.8) is 0 Å². The van der Waals surface area contributed by atoms with Crippen LogP contribution in [-0.2, 0) is 17.6 Å². The minimum atomic E-state index is -0.339. The Hall–Kier alpha value is -1.56. The van der Waals surface area contributed by atoms with E-state index < -0.39 is 0 Å². The largest absolute Gasteiger partial charge is 0.462 e. The van der Waals surface area contributed by atoms with Crippen molar-refractivity contribution in [2.24, 2.45) is 5.92 Å². The lowest BCUT2D eigenvalue weighted by Gasteiger charge is -2.18. The fraction of sp³-hybridized carbons (Fsp3) is 0.625. The number of rotatable bonds is 4. The van der Waals surface area contributed by atoms with E-state index in [0.29, 0.717) is 23.1 Å². The van der Waals surface area contributed by atoms with Gasteiger partial charge in [0.15, 0.2) is 0 Å². The molecule has 122 valence electrons. The van der Waals surface area contributed by atoms with Crippen LogP contribution in [-0.4, -0.2) is 24.6 Å².